The topological polar surface area (TPSA) is 150 Å². The number of aliphatic carboxylic acids is 2. The van der Waals surface area contributed by atoms with Crippen LogP contribution in [0, 0.1) is 5.92 Å². The molecule has 0 unspecified atom stereocenters. The van der Waals surface area contributed by atoms with Gasteiger partial charge in [-0.1, -0.05) is 13.8 Å². The van der Waals surface area contributed by atoms with Crippen molar-refractivity contribution in [1.82, 2.24) is 10.2 Å². The van der Waals surface area contributed by atoms with Gasteiger partial charge in [0.15, 0.2) is 0 Å². The normalized spacial score (nSPS) is 19.8. The van der Waals surface area contributed by atoms with Crippen LogP contribution < -0.4 is 11.1 Å². The van der Waals surface area contributed by atoms with E-state index in [4.69, 9.17) is 15.9 Å². The van der Waals surface area contributed by atoms with Gasteiger partial charge in [-0.25, -0.2) is 4.79 Å². The van der Waals surface area contributed by atoms with E-state index in [0.717, 1.165) is 4.90 Å². The Bertz CT molecular complexity index is 507. The van der Waals surface area contributed by atoms with Gasteiger partial charge >= 0.3 is 11.9 Å². The molecule has 9 nitrogen and oxygen atoms in total. The molecule has 0 aromatic heterocycles. The summed E-state index contributed by atoms with van der Waals surface area (Å²) < 4.78 is 0. The van der Waals surface area contributed by atoms with Crippen molar-refractivity contribution in [3.63, 3.8) is 0 Å². The van der Waals surface area contributed by atoms with Gasteiger partial charge in [-0.2, -0.15) is 0 Å². The van der Waals surface area contributed by atoms with Crippen LogP contribution in [0.5, 0.6) is 0 Å². The van der Waals surface area contributed by atoms with Crippen LogP contribution in [-0.4, -0.2) is 63.5 Å². The molecule has 5 N–H and O–H groups in total. The Morgan fingerprint density at radius 2 is 1.88 bits per heavy atom. The van der Waals surface area contributed by atoms with Crippen LogP contribution in [0.15, 0.2) is 0 Å². The van der Waals surface area contributed by atoms with E-state index in [0.29, 0.717) is 19.3 Å². The number of rotatable bonds is 8. The Morgan fingerprint density at radius 1 is 1.25 bits per heavy atom. The summed E-state index contributed by atoms with van der Waals surface area (Å²) in [5.41, 5.74) is 5.75. The molecule has 1 rings (SSSR count). The lowest BCUT2D eigenvalue weighted by molar-refractivity contribution is -0.150. The first-order chi connectivity index (χ1) is 11.1. The Kier molecular flexibility index (Phi) is 7.15. The van der Waals surface area contributed by atoms with E-state index < -0.39 is 48.3 Å². The molecule has 0 saturated carbocycles. The van der Waals surface area contributed by atoms with Gasteiger partial charge in [0.25, 0.3) is 0 Å². The van der Waals surface area contributed by atoms with E-state index in [9.17, 15) is 19.2 Å². The molecule has 0 aromatic carbocycles. The van der Waals surface area contributed by atoms with Crippen LogP contribution in [-0.2, 0) is 19.2 Å². The molecule has 3 atom stereocenters. The lowest BCUT2D eigenvalue weighted by atomic mass is 10.0. The van der Waals surface area contributed by atoms with Crippen molar-refractivity contribution in [2.45, 2.75) is 57.7 Å². The van der Waals surface area contributed by atoms with Crippen LogP contribution in [0.3, 0.4) is 0 Å². The molecule has 0 aliphatic carbocycles. The van der Waals surface area contributed by atoms with Crippen LogP contribution >= 0.6 is 0 Å². The number of hydrogen-bond acceptors (Lipinski definition) is 5. The summed E-state index contributed by atoms with van der Waals surface area (Å²) >= 11 is 0. The lowest BCUT2D eigenvalue weighted by Crippen LogP contribution is -2.55. The van der Waals surface area contributed by atoms with Crippen molar-refractivity contribution in [3.8, 4) is 0 Å². The standard InChI is InChI=1S/C15H25N3O6/c1-8(2)6-9(16)13(21)17-10(7-12(19)20)14(22)18-5-3-4-11(18)15(23)24/h8-11H,3-7,16H2,1-2H3,(H,17,21)(H,19,20)(H,23,24)/t9-,10-,11-/m0/s1. The Morgan fingerprint density at radius 3 is 2.38 bits per heavy atom. The maximum Gasteiger partial charge on any atom is 0.326 e. The van der Waals surface area contributed by atoms with Gasteiger partial charge in [0, 0.05) is 6.54 Å². The van der Waals surface area contributed by atoms with E-state index in [-0.39, 0.29) is 12.5 Å². The first-order valence-corrected chi connectivity index (χ1v) is 7.94. The molecular formula is C15H25N3O6. The van der Waals surface area contributed by atoms with Gasteiger partial charge in [0.1, 0.15) is 12.1 Å². The van der Waals surface area contributed by atoms with Gasteiger partial charge in [0.05, 0.1) is 12.5 Å². The number of amides is 2. The zero-order valence-electron chi connectivity index (χ0n) is 13.9. The average Bonchev–Trinajstić information content (AvgIpc) is 2.93. The quantitative estimate of drug-likeness (QED) is 0.459. The van der Waals surface area contributed by atoms with Crippen molar-refractivity contribution in [1.29, 1.82) is 0 Å². The maximum absolute atomic E-state index is 12.5. The van der Waals surface area contributed by atoms with Crippen LogP contribution in [0.25, 0.3) is 0 Å². The SMILES string of the molecule is CC(C)C[C@H](N)C(=O)N[C@@H](CC(=O)O)C(=O)N1CCC[C@H]1C(=O)O. The van der Waals surface area contributed by atoms with Crippen molar-refractivity contribution in [2.24, 2.45) is 11.7 Å². The second kappa shape index (κ2) is 8.62. The molecular weight excluding hydrogens is 318 g/mol. The third-order valence-corrected chi connectivity index (χ3v) is 3.88. The second-order valence-corrected chi connectivity index (χ2v) is 6.42. The van der Waals surface area contributed by atoms with Gasteiger partial charge in [-0.3, -0.25) is 14.4 Å². The smallest absolute Gasteiger partial charge is 0.326 e. The summed E-state index contributed by atoms with van der Waals surface area (Å²) in [5, 5.41) is 20.5. The molecule has 1 fully saturated rings. The Labute approximate surface area is 140 Å². The number of likely N-dealkylation sites (tertiary alicyclic amines) is 1. The average molecular weight is 343 g/mol. The molecule has 1 heterocycles. The maximum atomic E-state index is 12.5. The van der Waals surface area contributed by atoms with E-state index in [1.165, 1.54) is 0 Å². The monoisotopic (exact) mass is 343 g/mol. The Balaban J connectivity index is 2.84. The summed E-state index contributed by atoms with van der Waals surface area (Å²) in [6.07, 6.45) is 0.591. The lowest BCUT2D eigenvalue weighted by Gasteiger charge is -2.27. The highest BCUT2D eigenvalue weighted by atomic mass is 16.4. The van der Waals surface area contributed by atoms with E-state index in [1.54, 1.807) is 0 Å². The summed E-state index contributed by atoms with van der Waals surface area (Å²) in [7, 11) is 0. The number of carbonyl (C=O) groups excluding carboxylic acids is 2. The summed E-state index contributed by atoms with van der Waals surface area (Å²) in [5.74, 6) is -3.56. The van der Waals surface area contributed by atoms with Crippen LogP contribution in [0.4, 0.5) is 0 Å². The molecule has 9 heteroatoms. The highest BCUT2D eigenvalue weighted by Gasteiger charge is 2.38. The number of nitrogens with two attached hydrogens (primary N) is 1. The third kappa shape index (κ3) is 5.48. The fourth-order valence-electron chi connectivity index (χ4n) is 2.76. The van der Waals surface area contributed by atoms with Gasteiger partial charge in [-0.15, -0.1) is 0 Å². The van der Waals surface area contributed by atoms with Crippen molar-refractivity contribution in [3.05, 3.63) is 0 Å². The zero-order valence-corrected chi connectivity index (χ0v) is 13.9. The predicted octanol–water partition coefficient (Wildman–Crippen LogP) is -0.605. The van der Waals surface area contributed by atoms with Crippen molar-refractivity contribution in [2.75, 3.05) is 6.54 Å². The van der Waals surface area contributed by atoms with E-state index in [1.807, 2.05) is 13.8 Å². The predicted molar refractivity (Wildman–Crippen MR) is 84.0 cm³/mol. The summed E-state index contributed by atoms with van der Waals surface area (Å²) in [6.45, 7) is 3.99. The van der Waals surface area contributed by atoms with Crippen LogP contribution in [0.1, 0.15) is 39.5 Å². The number of carboxylic acid groups (broad SMARTS) is 2. The highest BCUT2D eigenvalue weighted by Crippen LogP contribution is 2.19. The first kappa shape index (κ1) is 19.9. The second-order valence-electron chi connectivity index (χ2n) is 6.42. The Hall–Kier alpha value is -2.16. The minimum atomic E-state index is -1.33. The highest BCUT2D eigenvalue weighted by molar-refractivity contribution is 5.94. The molecule has 0 bridgehead atoms. The molecule has 0 radical (unpaired) electrons. The number of nitrogens with zero attached hydrogens (tertiary/aromatic N) is 1. The van der Waals surface area contributed by atoms with Gasteiger partial charge in [0.2, 0.25) is 11.8 Å². The van der Waals surface area contributed by atoms with Crippen molar-refractivity contribution >= 4 is 23.8 Å². The summed E-state index contributed by atoms with van der Waals surface area (Å²) in [6, 6.07) is -3.17. The minimum Gasteiger partial charge on any atom is -0.481 e. The van der Waals surface area contributed by atoms with E-state index in [2.05, 4.69) is 5.32 Å². The van der Waals surface area contributed by atoms with Gasteiger partial charge < -0.3 is 26.2 Å². The number of hydrogen-bond donors (Lipinski definition) is 4. The molecule has 2 amide bonds. The molecule has 1 aliphatic rings. The zero-order chi connectivity index (χ0) is 18.4. The fourth-order valence-corrected chi connectivity index (χ4v) is 2.76. The molecule has 1 saturated heterocycles. The number of carbonyl (C=O) groups is 4. The first-order valence-electron chi connectivity index (χ1n) is 7.94. The largest absolute Gasteiger partial charge is 0.481 e. The molecule has 0 aromatic rings. The number of nitrogens with one attached hydrogen (secondary N) is 1. The number of carboxylic acids is 2. The minimum absolute atomic E-state index is 0.161. The molecule has 136 valence electrons. The molecule has 0 spiro atoms. The third-order valence-electron chi connectivity index (χ3n) is 3.88. The molecule has 1 aliphatic heterocycles. The summed E-state index contributed by atoms with van der Waals surface area (Å²) in [4.78, 5) is 47.9. The van der Waals surface area contributed by atoms with Crippen LogP contribution in [0.2, 0.25) is 0 Å². The van der Waals surface area contributed by atoms with E-state index >= 15 is 0 Å². The molecule has 24 heavy (non-hydrogen) atoms. The fraction of sp³-hybridized carbons (Fsp3) is 0.733. The van der Waals surface area contributed by atoms with Gasteiger partial charge in [-0.05, 0) is 25.2 Å². The van der Waals surface area contributed by atoms with Crippen molar-refractivity contribution < 1.29 is 29.4 Å².